The number of amides is 1. The molecule has 134 valence electrons. The van der Waals surface area contributed by atoms with Crippen molar-refractivity contribution >= 4 is 34.3 Å². The first kappa shape index (κ1) is 17.2. The Balaban J connectivity index is 1.76. The second-order valence-electron chi connectivity index (χ2n) is 6.38. The minimum absolute atomic E-state index is 0.0210. The van der Waals surface area contributed by atoms with Crippen LogP contribution < -0.4 is 9.64 Å². The van der Waals surface area contributed by atoms with Crippen LogP contribution in [0.15, 0.2) is 29.6 Å². The highest BCUT2D eigenvalue weighted by molar-refractivity contribution is 7.22. The van der Waals surface area contributed by atoms with E-state index in [0.29, 0.717) is 11.4 Å². The van der Waals surface area contributed by atoms with Gasteiger partial charge in [-0.25, -0.2) is 4.98 Å². The Morgan fingerprint density at radius 1 is 1.27 bits per heavy atom. The Morgan fingerprint density at radius 3 is 2.85 bits per heavy atom. The number of ether oxygens (including phenoxy) is 1. The summed E-state index contributed by atoms with van der Waals surface area (Å²) >= 11 is 3.12. The Morgan fingerprint density at radius 2 is 2.12 bits per heavy atom. The molecule has 0 aliphatic carbocycles. The lowest BCUT2D eigenvalue weighted by molar-refractivity contribution is 0.0987. The third-order valence-electron chi connectivity index (χ3n) is 4.75. The maximum atomic E-state index is 13.4. The highest BCUT2D eigenvalue weighted by Gasteiger charge is 2.30. The summed E-state index contributed by atoms with van der Waals surface area (Å²) in [5.41, 5.74) is 4.14. The van der Waals surface area contributed by atoms with Crippen molar-refractivity contribution in [3.8, 4) is 15.6 Å². The molecule has 26 heavy (non-hydrogen) atoms. The molecule has 4 rings (SSSR count). The largest absolute Gasteiger partial charge is 0.495 e. The number of thiophene rings is 1. The quantitative estimate of drug-likeness (QED) is 0.632. The molecule has 0 bridgehead atoms. The molecule has 0 spiro atoms. The van der Waals surface area contributed by atoms with Crippen LogP contribution in [0.4, 0.5) is 5.69 Å². The van der Waals surface area contributed by atoms with Crippen LogP contribution in [0.2, 0.25) is 0 Å². The second-order valence-corrected chi connectivity index (χ2v) is 8.33. The molecule has 0 atom stereocenters. The Labute approximate surface area is 161 Å². The Kier molecular flexibility index (Phi) is 4.54. The zero-order valence-electron chi connectivity index (χ0n) is 15.0. The lowest BCUT2D eigenvalue weighted by atomic mass is 9.96. The van der Waals surface area contributed by atoms with Crippen LogP contribution in [0.1, 0.15) is 32.9 Å². The van der Waals surface area contributed by atoms with Gasteiger partial charge in [-0.05, 0) is 55.3 Å². The molecule has 1 aliphatic rings. The number of nitrogens with zero attached hydrogens (tertiary/aromatic N) is 2. The van der Waals surface area contributed by atoms with Crippen LogP contribution in [-0.2, 0) is 6.42 Å². The molecule has 4 nitrogen and oxygen atoms in total. The van der Waals surface area contributed by atoms with E-state index in [9.17, 15) is 4.79 Å². The van der Waals surface area contributed by atoms with Gasteiger partial charge in [0.1, 0.15) is 15.6 Å². The summed E-state index contributed by atoms with van der Waals surface area (Å²) in [4.78, 5) is 21.7. The van der Waals surface area contributed by atoms with Crippen molar-refractivity contribution in [3.63, 3.8) is 0 Å². The number of hydrogen-bond acceptors (Lipinski definition) is 5. The molecule has 6 heteroatoms. The molecule has 0 fully saturated rings. The maximum Gasteiger partial charge on any atom is 0.270 e. The van der Waals surface area contributed by atoms with Gasteiger partial charge in [-0.3, -0.25) is 4.79 Å². The third-order valence-corrected chi connectivity index (χ3v) is 6.93. The van der Waals surface area contributed by atoms with E-state index in [1.54, 1.807) is 18.4 Å². The van der Waals surface area contributed by atoms with Gasteiger partial charge in [0.05, 0.1) is 23.4 Å². The molecule has 0 saturated heterocycles. The Hall–Kier alpha value is -2.18. The number of aryl methyl sites for hydroxylation is 2. The number of carbonyl (C=O) groups excluding carboxylic acids is 1. The first-order valence-electron chi connectivity index (χ1n) is 8.59. The smallest absolute Gasteiger partial charge is 0.270 e. The van der Waals surface area contributed by atoms with Crippen molar-refractivity contribution in [2.75, 3.05) is 18.6 Å². The highest BCUT2D eigenvalue weighted by atomic mass is 32.1. The van der Waals surface area contributed by atoms with E-state index in [1.807, 2.05) is 35.4 Å². The first-order valence-corrected chi connectivity index (χ1v) is 10.3. The molecule has 0 unspecified atom stereocenters. The summed E-state index contributed by atoms with van der Waals surface area (Å²) in [5, 5.41) is 2.94. The van der Waals surface area contributed by atoms with Crippen molar-refractivity contribution in [1.82, 2.24) is 4.98 Å². The van der Waals surface area contributed by atoms with Gasteiger partial charge in [-0.2, -0.15) is 0 Å². The fourth-order valence-corrected chi connectivity index (χ4v) is 5.26. The zero-order valence-corrected chi connectivity index (χ0v) is 16.7. The Bertz CT molecular complexity index is 961. The van der Waals surface area contributed by atoms with Gasteiger partial charge in [-0.15, -0.1) is 22.7 Å². The number of hydrogen-bond donors (Lipinski definition) is 0. The fraction of sp³-hybridized carbons (Fsp3) is 0.300. The number of benzene rings is 1. The molecular formula is C20H20N2O2S2. The topological polar surface area (TPSA) is 42.4 Å². The van der Waals surface area contributed by atoms with Crippen molar-refractivity contribution in [2.24, 2.45) is 0 Å². The predicted octanol–water partition coefficient (Wildman–Crippen LogP) is 5.09. The van der Waals surface area contributed by atoms with Crippen molar-refractivity contribution < 1.29 is 9.53 Å². The van der Waals surface area contributed by atoms with Gasteiger partial charge in [0.2, 0.25) is 0 Å². The van der Waals surface area contributed by atoms with Crippen LogP contribution >= 0.6 is 22.7 Å². The van der Waals surface area contributed by atoms with E-state index in [1.165, 1.54) is 22.5 Å². The molecule has 1 aromatic carbocycles. The number of aromatic nitrogens is 1. The molecule has 2 aromatic heterocycles. The number of methoxy groups -OCH3 is 1. The SMILES string of the molecule is COc1ccc(C)c2c1N(C(=O)c1sc(-c3cccs3)nc1C)CCC2. The van der Waals surface area contributed by atoms with Gasteiger partial charge >= 0.3 is 0 Å². The minimum Gasteiger partial charge on any atom is -0.495 e. The van der Waals surface area contributed by atoms with Gasteiger partial charge in [0.25, 0.3) is 5.91 Å². The van der Waals surface area contributed by atoms with Crippen LogP contribution in [0, 0.1) is 13.8 Å². The minimum atomic E-state index is 0.0210. The second kappa shape index (κ2) is 6.85. The number of anilines is 1. The van der Waals surface area contributed by atoms with Gasteiger partial charge in [0.15, 0.2) is 0 Å². The number of carbonyl (C=O) groups is 1. The lowest BCUT2D eigenvalue weighted by Gasteiger charge is -2.31. The summed E-state index contributed by atoms with van der Waals surface area (Å²) in [7, 11) is 1.66. The molecule has 0 saturated carbocycles. The standard InChI is InChI=1S/C20H20N2O2S2/c1-12-8-9-15(24-3)17-14(12)6-4-10-22(17)20(23)18-13(2)21-19(26-18)16-7-5-11-25-16/h5,7-9,11H,4,6,10H2,1-3H3. The molecule has 3 aromatic rings. The van der Waals surface area contributed by atoms with E-state index in [-0.39, 0.29) is 5.91 Å². The lowest BCUT2D eigenvalue weighted by Crippen LogP contribution is -2.36. The molecular weight excluding hydrogens is 364 g/mol. The van der Waals surface area contributed by atoms with E-state index < -0.39 is 0 Å². The summed E-state index contributed by atoms with van der Waals surface area (Å²) in [5.74, 6) is 0.784. The van der Waals surface area contributed by atoms with Crippen LogP contribution in [-0.4, -0.2) is 24.5 Å². The molecule has 1 amide bonds. The highest BCUT2D eigenvalue weighted by Crippen LogP contribution is 2.40. The number of fused-ring (bicyclic) bond motifs is 1. The molecule has 0 N–H and O–H groups in total. The van der Waals surface area contributed by atoms with E-state index in [2.05, 4.69) is 18.0 Å². The van der Waals surface area contributed by atoms with Gasteiger partial charge in [0, 0.05) is 6.54 Å². The van der Waals surface area contributed by atoms with Crippen molar-refractivity contribution in [3.05, 3.63) is 51.3 Å². The van der Waals surface area contributed by atoms with Crippen LogP contribution in [0.3, 0.4) is 0 Å². The van der Waals surface area contributed by atoms with Crippen LogP contribution in [0.5, 0.6) is 5.75 Å². The number of rotatable bonds is 3. The summed E-state index contributed by atoms with van der Waals surface area (Å²) in [6, 6.07) is 8.07. The summed E-state index contributed by atoms with van der Waals surface area (Å²) < 4.78 is 5.57. The number of thiazole rings is 1. The van der Waals surface area contributed by atoms with Crippen molar-refractivity contribution in [1.29, 1.82) is 0 Å². The zero-order chi connectivity index (χ0) is 18.3. The third kappa shape index (κ3) is 2.83. The maximum absolute atomic E-state index is 13.4. The average molecular weight is 385 g/mol. The molecule has 0 radical (unpaired) electrons. The van der Waals surface area contributed by atoms with E-state index in [4.69, 9.17) is 4.74 Å². The normalized spacial score (nSPS) is 13.6. The fourth-order valence-electron chi connectivity index (χ4n) is 3.44. The predicted molar refractivity (Wildman–Crippen MR) is 108 cm³/mol. The van der Waals surface area contributed by atoms with Gasteiger partial charge in [-0.1, -0.05) is 12.1 Å². The first-order chi connectivity index (χ1) is 12.6. The average Bonchev–Trinajstić information content (AvgIpc) is 3.31. The van der Waals surface area contributed by atoms with E-state index in [0.717, 1.165) is 39.9 Å². The van der Waals surface area contributed by atoms with Crippen molar-refractivity contribution in [2.45, 2.75) is 26.7 Å². The summed E-state index contributed by atoms with van der Waals surface area (Å²) in [6.07, 6.45) is 1.94. The summed E-state index contributed by atoms with van der Waals surface area (Å²) in [6.45, 7) is 4.72. The van der Waals surface area contributed by atoms with E-state index >= 15 is 0 Å². The monoisotopic (exact) mass is 384 g/mol. The molecule has 3 heterocycles. The van der Waals surface area contributed by atoms with Crippen LogP contribution in [0.25, 0.3) is 9.88 Å². The van der Waals surface area contributed by atoms with Gasteiger partial charge < -0.3 is 9.64 Å². The molecule has 1 aliphatic heterocycles.